The van der Waals surface area contributed by atoms with Crippen LogP contribution in [0.5, 0.6) is 5.75 Å². The molecule has 0 radical (unpaired) electrons. The number of nitrogens with one attached hydrogen (secondary N) is 2. The lowest BCUT2D eigenvalue weighted by Gasteiger charge is -2.10. The summed E-state index contributed by atoms with van der Waals surface area (Å²) < 4.78 is 41.3. The van der Waals surface area contributed by atoms with Crippen LogP contribution in [0.25, 0.3) is 21.8 Å². The van der Waals surface area contributed by atoms with E-state index in [2.05, 4.69) is 4.98 Å². The molecule has 8 heteroatoms. The van der Waals surface area contributed by atoms with E-state index in [4.69, 9.17) is 4.74 Å². The van der Waals surface area contributed by atoms with E-state index in [0.29, 0.717) is 21.8 Å². The first-order valence-electron chi connectivity index (χ1n) is 7.34. The molecule has 3 aromatic rings. The Labute approximate surface area is 139 Å². The van der Waals surface area contributed by atoms with Crippen LogP contribution in [0.4, 0.5) is 13.2 Å². The number of pyridine rings is 1. The molecule has 0 saturated carbocycles. The monoisotopic (exact) mass is 350 g/mol. The fourth-order valence-corrected chi connectivity index (χ4v) is 2.39. The molecule has 1 amide bonds. The number of ether oxygens (including phenoxy) is 1. The van der Waals surface area contributed by atoms with Gasteiger partial charge in [0.15, 0.2) is 12.0 Å². The van der Waals surface area contributed by atoms with Crippen molar-refractivity contribution >= 4 is 27.7 Å². The minimum absolute atomic E-state index is 0.198. The lowest BCUT2D eigenvalue weighted by atomic mass is 10.1. The van der Waals surface area contributed by atoms with Crippen LogP contribution in [-0.2, 0) is 4.79 Å². The molecule has 2 aromatic carbocycles. The lowest BCUT2D eigenvalue weighted by molar-refractivity contribution is -0.139. The summed E-state index contributed by atoms with van der Waals surface area (Å²) in [6.07, 6.45) is -4.48. The highest BCUT2D eigenvalue weighted by Gasteiger charge is 2.27. The van der Waals surface area contributed by atoms with Gasteiger partial charge in [0.1, 0.15) is 12.3 Å². The SMILES string of the molecule is O=C(COc1ccc2[nH]c3ccccc3c(=O)c2c1)NCC(F)(F)F. The van der Waals surface area contributed by atoms with Crippen molar-refractivity contribution in [1.29, 1.82) is 0 Å². The van der Waals surface area contributed by atoms with Crippen molar-refractivity contribution in [2.45, 2.75) is 6.18 Å². The van der Waals surface area contributed by atoms with E-state index in [1.165, 1.54) is 12.1 Å². The molecule has 5 nitrogen and oxygen atoms in total. The predicted molar refractivity (Wildman–Crippen MR) is 86.6 cm³/mol. The van der Waals surface area contributed by atoms with Crippen molar-refractivity contribution < 1.29 is 22.7 Å². The molecule has 2 N–H and O–H groups in total. The van der Waals surface area contributed by atoms with Crippen LogP contribution in [0.3, 0.4) is 0 Å². The van der Waals surface area contributed by atoms with Crippen molar-refractivity contribution in [3.63, 3.8) is 0 Å². The molecule has 25 heavy (non-hydrogen) atoms. The minimum Gasteiger partial charge on any atom is -0.484 e. The molecule has 0 atom stereocenters. The highest BCUT2D eigenvalue weighted by Crippen LogP contribution is 2.20. The van der Waals surface area contributed by atoms with Crippen LogP contribution in [0.2, 0.25) is 0 Å². The summed E-state index contributed by atoms with van der Waals surface area (Å²) in [7, 11) is 0. The Morgan fingerprint density at radius 3 is 2.56 bits per heavy atom. The number of carbonyl (C=O) groups is 1. The van der Waals surface area contributed by atoms with E-state index in [1.54, 1.807) is 35.6 Å². The highest BCUT2D eigenvalue weighted by molar-refractivity contribution is 5.93. The largest absolute Gasteiger partial charge is 0.484 e. The molecule has 0 aliphatic heterocycles. The van der Waals surface area contributed by atoms with Gasteiger partial charge < -0.3 is 15.0 Å². The van der Waals surface area contributed by atoms with Gasteiger partial charge in [-0.3, -0.25) is 9.59 Å². The van der Waals surface area contributed by atoms with Crippen LogP contribution in [0, 0.1) is 0 Å². The summed E-state index contributed by atoms with van der Waals surface area (Å²) in [4.78, 5) is 27.0. The zero-order valence-corrected chi connectivity index (χ0v) is 12.8. The van der Waals surface area contributed by atoms with E-state index in [1.807, 2.05) is 0 Å². The number of hydrogen-bond donors (Lipinski definition) is 2. The Morgan fingerprint density at radius 2 is 1.80 bits per heavy atom. The molecule has 0 bridgehead atoms. The first-order chi connectivity index (χ1) is 11.8. The number of aromatic amines is 1. The zero-order valence-electron chi connectivity index (χ0n) is 12.8. The van der Waals surface area contributed by atoms with Gasteiger partial charge in [-0.2, -0.15) is 13.2 Å². The maximum absolute atomic E-state index is 12.5. The van der Waals surface area contributed by atoms with Crippen molar-refractivity contribution in [2.24, 2.45) is 0 Å². The molecular weight excluding hydrogens is 337 g/mol. The highest BCUT2D eigenvalue weighted by atomic mass is 19.4. The number of alkyl halides is 3. The van der Waals surface area contributed by atoms with E-state index in [-0.39, 0.29) is 11.2 Å². The molecule has 0 saturated heterocycles. The second kappa shape index (κ2) is 6.46. The van der Waals surface area contributed by atoms with Crippen LogP contribution >= 0.6 is 0 Å². The third kappa shape index (κ3) is 3.90. The Bertz CT molecular complexity index is 996. The number of halogens is 3. The van der Waals surface area contributed by atoms with Gasteiger partial charge >= 0.3 is 6.18 Å². The van der Waals surface area contributed by atoms with Crippen molar-refractivity contribution in [1.82, 2.24) is 10.3 Å². The summed E-state index contributed by atoms with van der Waals surface area (Å²) >= 11 is 0. The molecule has 0 aliphatic rings. The van der Waals surface area contributed by atoms with E-state index >= 15 is 0 Å². The molecule has 130 valence electrons. The van der Waals surface area contributed by atoms with E-state index in [9.17, 15) is 22.8 Å². The maximum atomic E-state index is 12.5. The van der Waals surface area contributed by atoms with Crippen LogP contribution in [0.1, 0.15) is 0 Å². The zero-order chi connectivity index (χ0) is 18.0. The van der Waals surface area contributed by atoms with Gasteiger partial charge in [-0.25, -0.2) is 0 Å². The molecule has 0 fully saturated rings. The first-order valence-corrected chi connectivity index (χ1v) is 7.34. The smallest absolute Gasteiger partial charge is 0.405 e. The summed E-state index contributed by atoms with van der Waals surface area (Å²) in [5, 5.41) is 2.59. The van der Waals surface area contributed by atoms with E-state index < -0.39 is 25.2 Å². The molecule has 1 aromatic heterocycles. The molecule has 1 heterocycles. The maximum Gasteiger partial charge on any atom is 0.405 e. The van der Waals surface area contributed by atoms with Gasteiger partial charge in [0.05, 0.1) is 5.52 Å². The van der Waals surface area contributed by atoms with E-state index in [0.717, 1.165) is 0 Å². The van der Waals surface area contributed by atoms with Gasteiger partial charge in [-0.05, 0) is 30.3 Å². The number of hydrogen-bond acceptors (Lipinski definition) is 3. The normalized spacial score (nSPS) is 11.6. The van der Waals surface area contributed by atoms with Crippen molar-refractivity contribution in [2.75, 3.05) is 13.2 Å². The average molecular weight is 350 g/mol. The quantitative estimate of drug-likeness (QED) is 0.711. The topological polar surface area (TPSA) is 71.2 Å². The second-order valence-corrected chi connectivity index (χ2v) is 5.39. The molecule has 0 aliphatic carbocycles. The molecule has 3 rings (SSSR count). The number of fused-ring (bicyclic) bond motifs is 2. The van der Waals surface area contributed by atoms with Gasteiger partial charge in [0.2, 0.25) is 0 Å². The molecular formula is C17H13F3N2O3. The van der Waals surface area contributed by atoms with Crippen molar-refractivity contribution in [3.05, 3.63) is 52.7 Å². The van der Waals surface area contributed by atoms with Crippen LogP contribution in [0.15, 0.2) is 47.3 Å². The average Bonchev–Trinajstić information content (AvgIpc) is 2.58. The van der Waals surface area contributed by atoms with Gasteiger partial charge in [0.25, 0.3) is 5.91 Å². The number of aromatic nitrogens is 1. The fourth-order valence-electron chi connectivity index (χ4n) is 2.39. The second-order valence-electron chi connectivity index (χ2n) is 5.39. The van der Waals surface area contributed by atoms with Gasteiger partial charge in [0, 0.05) is 16.3 Å². The van der Waals surface area contributed by atoms with Gasteiger partial charge in [-0.1, -0.05) is 12.1 Å². The summed E-state index contributed by atoms with van der Waals surface area (Å²) in [6.45, 7) is -1.99. The Hall–Kier alpha value is -3.03. The standard InChI is InChI=1S/C17H13F3N2O3/c18-17(19,20)9-21-15(23)8-25-10-5-6-14-12(7-10)16(24)11-3-1-2-4-13(11)22-14/h1-7H,8-9H2,(H,21,23)(H,22,24). The molecule has 0 unspecified atom stereocenters. The minimum atomic E-state index is -4.48. The van der Waals surface area contributed by atoms with Crippen molar-refractivity contribution in [3.8, 4) is 5.75 Å². The number of para-hydroxylation sites is 1. The number of H-pyrrole nitrogens is 1. The Morgan fingerprint density at radius 1 is 1.08 bits per heavy atom. The third-order valence-electron chi connectivity index (χ3n) is 3.53. The summed E-state index contributed by atoms with van der Waals surface area (Å²) in [6, 6.07) is 11.6. The third-order valence-corrected chi connectivity index (χ3v) is 3.53. The number of benzene rings is 2. The van der Waals surface area contributed by atoms with Crippen LogP contribution in [-0.4, -0.2) is 30.2 Å². The lowest BCUT2D eigenvalue weighted by Crippen LogP contribution is -2.36. The Balaban J connectivity index is 1.79. The Kier molecular flexibility index (Phi) is 4.35. The van der Waals surface area contributed by atoms with Crippen LogP contribution < -0.4 is 15.5 Å². The molecule has 0 spiro atoms. The number of carbonyl (C=O) groups excluding carboxylic acids is 1. The summed E-state index contributed by atoms with van der Waals surface area (Å²) in [5.74, 6) is -0.680. The first kappa shape index (κ1) is 16.8. The fraction of sp³-hybridized carbons (Fsp3) is 0.176. The predicted octanol–water partition coefficient (Wildman–Crippen LogP) is 2.74. The number of amides is 1. The summed E-state index contributed by atoms with van der Waals surface area (Å²) in [5.41, 5.74) is 1.09. The van der Waals surface area contributed by atoms with Gasteiger partial charge in [-0.15, -0.1) is 0 Å². The number of rotatable bonds is 4.